The van der Waals surface area contributed by atoms with Crippen LogP contribution in [0.2, 0.25) is 0 Å². The molecule has 70 valence electrons. The van der Waals surface area contributed by atoms with Crippen LogP contribution in [0.3, 0.4) is 0 Å². The molecule has 0 bridgehead atoms. The highest BCUT2D eigenvalue weighted by molar-refractivity contribution is 6.00. The zero-order valence-corrected chi connectivity index (χ0v) is 7.82. The van der Waals surface area contributed by atoms with Crippen molar-refractivity contribution in [3.63, 3.8) is 0 Å². The fourth-order valence-electron chi connectivity index (χ4n) is 1.02. The van der Waals surface area contributed by atoms with Crippen LogP contribution in [-0.2, 0) is 4.79 Å². The quantitative estimate of drug-likeness (QED) is 0.719. The zero-order chi connectivity index (χ0) is 10.4. The number of anilines is 1. The van der Waals surface area contributed by atoms with E-state index in [2.05, 4.69) is 5.32 Å². The summed E-state index contributed by atoms with van der Waals surface area (Å²) in [5.41, 5.74) is 1.00. The minimum atomic E-state index is -0.227. The molecule has 1 amide bonds. The van der Waals surface area contributed by atoms with Gasteiger partial charge >= 0.3 is 0 Å². The summed E-state index contributed by atoms with van der Waals surface area (Å²) in [4.78, 5) is 11.2. The average Bonchev–Trinajstić information content (AvgIpc) is 2.19. The molecular formula is C11H10N2O. The van der Waals surface area contributed by atoms with E-state index in [4.69, 9.17) is 5.26 Å². The van der Waals surface area contributed by atoms with E-state index in [9.17, 15) is 4.79 Å². The third-order valence-electron chi connectivity index (χ3n) is 1.62. The van der Waals surface area contributed by atoms with Crippen molar-refractivity contribution in [1.82, 2.24) is 0 Å². The molecule has 1 aromatic rings. The van der Waals surface area contributed by atoms with Crippen molar-refractivity contribution in [2.24, 2.45) is 0 Å². The second-order valence-electron chi connectivity index (χ2n) is 2.65. The Balaban J connectivity index is 2.87. The lowest BCUT2D eigenvalue weighted by Gasteiger charge is -2.02. The predicted molar refractivity (Wildman–Crippen MR) is 54.6 cm³/mol. The molecule has 0 aliphatic heterocycles. The smallest absolute Gasteiger partial charge is 0.248 e. The fraction of sp³-hybridized carbons (Fsp3) is 0.0909. The zero-order valence-electron chi connectivity index (χ0n) is 7.82. The Morgan fingerprint density at radius 1 is 1.50 bits per heavy atom. The van der Waals surface area contributed by atoms with E-state index < -0.39 is 0 Å². The maximum atomic E-state index is 11.2. The van der Waals surface area contributed by atoms with E-state index in [0.717, 1.165) is 0 Å². The highest BCUT2D eigenvalue weighted by Crippen LogP contribution is 2.13. The van der Waals surface area contributed by atoms with Gasteiger partial charge in [0.15, 0.2) is 0 Å². The molecule has 1 aromatic carbocycles. The second kappa shape index (κ2) is 4.83. The normalized spacial score (nSPS) is 9.71. The summed E-state index contributed by atoms with van der Waals surface area (Å²) in [6.07, 6.45) is 3.05. The molecule has 0 aromatic heterocycles. The molecule has 0 radical (unpaired) electrons. The summed E-state index contributed by atoms with van der Waals surface area (Å²) >= 11 is 0. The summed E-state index contributed by atoms with van der Waals surface area (Å²) in [6.45, 7) is 1.76. The lowest BCUT2D eigenvalue weighted by atomic mass is 10.2. The van der Waals surface area contributed by atoms with Crippen molar-refractivity contribution in [2.45, 2.75) is 6.92 Å². The van der Waals surface area contributed by atoms with E-state index >= 15 is 0 Å². The van der Waals surface area contributed by atoms with E-state index in [1.807, 2.05) is 6.07 Å². The van der Waals surface area contributed by atoms with Crippen molar-refractivity contribution >= 4 is 11.6 Å². The largest absolute Gasteiger partial charge is 0.321 e. The molecule has 0 fully saturated rings. The van der Waals surface area contributed by atoms with Crippen LogP contribution in [0.5, 0.6) is 0 Å². The van der Waals surface area contributed by atoms with Gasteiger partial charge in [0.2, 0.25) is 5.91 Å². The van der Waals surface area contributed by atoms with Crippen LogP contribution in [-0.4, -0.2) is 5.91 Å². The topological polar surface area (TPSA) is 52.9 Å². The van der Waals surface area contributed by atoms with Crippen molar-refractivity contribution < 1.29 is 4.79 Å². The Hall–Kier alpha value is -2.08. The van der Waals surface area contributed by atoms with Gasteiger partial charge in [-0.05, 0) is 25.1 Å². The molecule has 0 heterocycles. The highest BCUT2D eigenvalue weighted by atomic mass is 16.1. The molecule has 3 heteroatoms. The number of nitrogens with one attached hydrogen (secondary N) is 1. The number of benzene rings is 1. The maximum absolute atomic E-state index is 11.2. The van der Waals surface area contributed by atoms with Crippen LogP contribution in [0.1, 0.15) is 12.5 Å². The van der Waals surface area contributed by atoms with Gasteiger partial charge in [0.1, 0.15) is 6.07 Å². The van der Waals surface area contributed by atoms with Crippen LogP contribution >= 0.6 is 0 Å². The summed E-state index contributed by atoms with van der Waals surface area (Å²) in [5.74, 6) is -0.227. The first-order chi connectivity index (χ1) is 6.77. The van der Waals surface area contributed by atoms with Gasteiger partial charge < -0.3 is 5.32 Å². The molecule has 0 saturated heterocycles. The van der Waals surface area contributed by atoms with Gasteiger partial charge in [0.25, 0.3) is 0 Å². The number of allylic oxidation sites excluding steroid dienone is 1. The lowest BCUT2D eigenvalue weighted by molar-refractivity contribution is -0.111. The number of nitrogens with zero attached hydrogens (tertiary/aromatic N) is 1. The van der Waals surface area contributed by atoms with Gasteiger partial charge in [0.05, 0.1) is 11.3 Å². The van der Waals surface area contributed by atoms with Crippen LogP contribution in [0, 0.1) is 11.3 Å². The number of hydrogen-bond acceptors (Lipinski definition) is 2. The molecular weight excluding hydrogens is 176 g/mol. The summed E-state index contributed by atoms with van der Waals surface area (Å²) in [6, 6.07) is 8.88. The number of para-hydroxylation sites is 1. The lowest BCUT2D eigenvalue weighted by Crippen LogP contribution is -2.08. The third-order valence-corrected chi connectivity index (χ3v) is 1.62. The Labute approximate surface area is 82.7 Å². The average molecular weight is 186 g/mol. The molecule has 0 unspecified atom stereocenters. The number of carbonyl (C=O) groups is 1. The van der Waals surface area contributed by atoms with E-state index in [1.165, 1.54) is 6.08 Å². The minimum absolute atomic E-state index is 0.227. The molecule has 1 rings (SSSR count). The molecule has 0 saturated carbocycles. The molecule has 3 nitrogen and oxygen atoms in total. The van der Waals surface area contributed by atoms with Crippen molar-refractivity contribution in [1.29, 1.82) is 5.26 Å². The summed E-state index contributed by atoms with van der Waals surface area (Å²) in [7, 11) is 0. The van der Waals surface area contributed by atoms with Gasteiger partial charge in [-0.25, -0.2) is 0 Å². The van der Waals surface area contributed by atoms with Gasteiger partial charge in [-0.3, -0.25) is 4.79 Å². The highest BCUT2D eigenvalue weighted by Gasteiger charge is 2.01. The first-order valence-electron chi connectivity index (χ1n) is 4.20. The molecule has 1 N–H and O–H groups in total. The van der Waals surface area contributed by atoms with Crippen LogP contribution in [0.4, 0.5) is 5.69 Å². The Morgan fingerprint density at radius 2 is 2.21 bits per heavy atom. The van der Waals surface area contributed by atoms with E-state index in [0.29, 0.717) is 11.3 Å². The SMILES string of the molecule is CC=CC(=O)Nc1ccccc1C#N. The Kier molecular flexibility index (Phi) is 3.45. The Morgan fingerprint density at radius 3 is 2.86 bits per heavy atom. The van der Waals surface area contributed by atoms with Crippen molar-refractivity contribution in [3.05, 3.63) is 42.0 Å². The van der Waals surface area contributed by atoms with E-state index in [1.54, 1.807) is 37.3 Å². The van der Waals surface area contributed by atoms with E-state index in [-0.39, 0.29) is 5.91 Å². The number of amides is 1. The monoisotopic (exact) mass is 186 g/mol. The second-order valence-corrected chi connectivity index (χ2v) is 2.65. The van der Waals surface area contributed by atoms with Crippen LogP contribution in [0.25, 0.3) is 0 Å². The third kappa shape index (κ3) is 2.46. The molecule has 0 spiro atoms. The minimum Gasteiger partial charge on any atom is -0.321 e. The molecule has 0 atom stereocenters. The number of nitriles is 1. The van der Waals surface area contributed by atoms with Crippen LogP contribution < -0.4 is 5.32 Å². The molecule has 14 heavy (non-hydrogen) atoms. The standard InChI is InChI=1S/C11H10N2O/c1-2-5-11(14)13-10-7-4-3-6-9(10)8-12/h2-7H,1H3,(H,13,14). The Bertz CT molecular complexity index is 402. The fourth-order valence-corrected chi connectivity index (χ4v) is 1.02. The van der Waals surface area contributed by atoms with Gasteiger partial charge in [-0.1, -0.05) is 18.2 Å². The number of hydrogen-bond donors (Lipinski definition) is 1. The van der Waals surface area contributed by atoms with Crippen molar-refractivity contribution in [3.8, 4) is 6.07 Å². The van der Waals surface area contributed by atoms with Gasteiger partial charge in [-0.15, -0.1) is 0 Å². The van der Waals surface area contributed by atoms with Gasteiger partial charge in [-0.2, -0.15) is 5.26 Å². The molecule has 0 aliphatic carbocycles. The first-order valence-corrected chi connectivity index (χ1v) is 4.20. The summed E-state index contributed by atoms with van der Waals surface area (Å²) in [5, 5.41) is 11.4. The predicted octanol–water partition coefficient (Wildman–Crippen LogP) is 2.07. The van der Waals surface area contributed by atoms with Gasteiger partial charge in [0, 0.05) is 0 Å². The van der Waals surface area contributed by atoms with Crippen molar-refractivity contribution in [2.75, 3.05) is 5.32 Å². The number of carbonyl (C=O) groups excluding carboxylic acids is 1. The number of rotatable bonds is 2. The maximum Gasteiger partial charge on any atom is 0.248 e. The molecule has 0 aliphatic rings. The van der Waals surface area contributed by atoms with Crippen LogP contribution in [0.15, 0.2) is 36.4 Å². The first kappa shape index (κ1) is 10.0. The summed E-state index contributed by atoms with van der Waals surface area (Å²) < 4.78 is 0.